The Morgan fingerprint density at radius 2 is 1.82 bits per heavy atom. The van der Waals surface area contributed by atoms with Crippen LogP contribution in [0, 0.1) is 0 Å². The summed E-state index contributed by atoms with van der Waals surface area (Å²) in [5.41, 5.74) is -0.505. The van der Waals surface area contributed by atoms with Gasteiger partial charge in [0.1, 0.15) is 5.69 Å². The summed E-state index contributed by atoms with van der Waals surface area (Å²) in [4.78, 5) is 3.52. The molecular weight excluding hydrogens is 255 g/mol. The summed E-state index contributed by atoms with van der Waals surface area (Å²) >= 11 is 0. The van der Waals surface area contributed by atoms with Gasteiger partial charge >= 0.3 is 6.18 Å². The van der Waals surface area contributed by atoms with E-state index in [1.54, 1.807) is 18.2 Å². The van der Waals surface area contributed by atoms with Crippen LogP contribution in [0.1, 0.15) is 11.3 Å². The third kappa shape index (κ3) is 2.68. The van der Waals surface area contributed by atoms with Gasteiger partial charge in [0.2, 0.25) is 0 Å². The van der Waals surface area contributed by atoms with Crippen molar-refractivity contribution >= 4 is 23.3 Å². The maximum absolute atomic E-state index is 12.5. The van der Waals surface area contributed by atoms with Crippen molar-refractivity contribution in [2.24, 2.45) is 0 Å². The van der Waals surface area contributed by atoms with Gasteiger partial charge in [0.15, 0.2) is 0 Å². The molecule has 17 heavy (non-hydrogen) atoms. The van der Waals surface area contributed by atoms with Gasteiger partial charge in [0.05, 0.1) is 12.1 Å². The number of aliphatic hydroxyl groups is 1. The number of aromatic nitrogens is 1. The lowest BCUT2D eigenvalue weighted by Gasteiger charge is -2.09. The number of aliphatic hydroxyl groups excluding tert-OH is 1. The van der Waals surface area contributed by atoms with Crippen LogP contribution in [-0.2, 0) is 12.8 Å². The standard InChI is InChI=1S/C11H8F3NO.ClH/c12-11(13,14)10-5-7(6-16)8-3-1-2-4-9(8)15-10;/h1-5,16H,6H2;1H. The predicted octanol–water partition coefficient (Wildman–Crippen LogP) is 3.17. The number of pyridine rings is 1. The number of alkyl halides is 3. The molecule has 0 aliphatic carbocycles. The highest BCUT2D eigenvalue weighted by molar-refractivity contribution is 5.85. The van der Waals surface area contributed by atoms with Gasteiger partial charge in [-0.15, -0.1) is 12.4 Å². The van der Waals surface area contributed by atoms with E-state index in [0.29, 0.717) is 5.39 Å². The maximum atomic E-state index is 12.5. The van der Waals surface area contributed by atoms with Crippen molar-refractivity contribution in [2.45, 2.75) is 12.8 Å². The van der Waals surface area contributed by atoms with E-state index in [0.717, 1.165) is 6.07 Å². The number of rotatable bonds is 1. The summed E-state index contributed by atoms with van der Waals surface area (Å²) in [5, 5.41) is 9.57. The van der Waals surface area contributed by atoms with Gasteiger partial charge in [-0.3, -0.25) is 0 Å². The van der Waals surface area contributed by atoms with Crippen LogP contribution in [0.3, 0.4) is 0 Å². The summed E-state index contributed by atoms with van der Waals surface area (Å²) in [6, 6.07) is 7.30. The molecule has 0 atom stereocenters. The van der Waals surface area contributed by atoms with Gasteiger partial charge in [0, 0.05) is 5.39 Å². The van der Waals surface area contributed by atoms with E-state index < -0.39 is 18.5 Å². The average molecular weight is 264 g/mol. The Hall–Kier alpha value is -1.33. The zero-order valence-electron chi connectivity index (χ0n) is 8.53. The fourth-order valence-corrected chi connectivity index (χ4v) is 1.52. The first-order valence-electron chi connectivity index (χ1n) is 4.59. The van der Waals surface area contributed by atoms with Crippen molar-refractivity contribution in [1.29, 1.82) is 0 Å². The molecule has 2 aromatic rings. The summed E-state index contributed by atoms with van der Waals surface area (Å²) in [6.07, 6.45) is -4.49. The summed E-state index contributed by atoms with van der Waals surface area (Å²) in [5.74, 6) is 0. The highest BCUT2D eigenvalue weighted by atomic mass is 35.5. The van der Waals surface area contributed by atoms with Gasteiger partial charge in [-0.05, 0) is 17.7 Å². The Kier molecular flexibility index (Phi) is 3.95. The quantitative estimate of drug-likeness (QED) is 0.857. The van der Waals surface area contributed by atoms with Crippen molar-refractivity contribution in [3.63, 3.8) is 0 Å². The smallest absolute Gasteiger partial charge is 0.392 e. The Morgan fingerprint density at radius 1 is 1.18 bits per heavy atom. The Morgan fingerprint density at radius 3 is 2.41 bits per heavy atom. The number of para-hydroxylation sites is 1. The van der Waals surface area contributed by atoms with E-state index in [4.69, 9.17) is 5.11 Å². The maximum Gasteiger partial charge on any atom is 0.433 e. The fourth-order valence-electron chi connectivity index (χ4n) is 1.52. The topological polar surface area (TPSA) is 33.1 Å². The predicted molar refractivity (Wildman–Crippen MR) is 59.9 cm³/mol. The summed E-state index contributed by atoms with van der Waals surface area (Å²) in [7, 11) is 0. The third-order valence-corrected chi connectivity index (χ3v) is 2.26. The van der Waals surface area contributed by atoms with Crippen molar-refractivity contribution in [3.05, 3.63) is 41.6 Å². The zero-order valence-corrected chi connectivity index (χ0v) is 9.35. The van der Waals surface area contributed by atoms with Gasteiger partial charge < -0.3 is 5.11 Å². The number of hydrogen-bond acceptors (Lipinski definition) is 2. The Labute approximate surface area is 102 Å². The molecule has 6 heteroatoms. The van der Waals surface area contributed by atoms with Crippen LogP contribution in [0.4, 0.5) is 13.2 Å². The molecule has 1 heterocycles. The molecule has 0 aliphatic heterocycles. The molecule has 0 saturated heterocycles. The normalized spacial score (nSPS) is 11.3. The van der Waals surface area contributed by atoms with Crippen LogP contribution in [0.25, 0.3) is 10.9 Å². The first kappa shape index (κ1) is 13.7. The summed E-state index contributed by atoms with van der Waals surface area (Å²) < 4.78 is 37.5. The molecule has 1 N–H and O–H groups in total. The number of nitrogens with zero attached hydrogens (tertiary/aromatic N) is 1. The van der Waals surface area contributed by atoms with E-state index in [1.807, 2.05) is 0 Å². The van der Waals surface area contributed by atoms with Crippen LogP contribution < -0.4 is 0 Å². The van der Waals surface area contributed by atoms with Crippen molar-refractivity contribution in [3.8, 4) is 0 Å². The van der Waals surface area contributed by atoms with E-state index in [1.165, 1.54) is 6.07 Å². The van der Waals surface area contributed by atoms with Gasteiger partial charge in [-0.2, -0.15) is 13.2 Å². The molecule has 1 aromatic heterocycles. The minimum absolute atomic E-state index is 0. The highest BCUT2D eigenvalue weighted by Gasteiger charge is 2.33. The monoisotopic (exact) mass is 263 g/mol. The fraction of sp³-hybridized carbons (Fsp3) is 0.182. The number of fused-ring (bicyclic) bond motifs is 1. The molecule has 0 unspecified atom stereocenters. The second-order valence-electron chi connectivity index (χ2n) is 3.34. The highest BCUT2D eigenvalue weighted by Crippen LogP contribution is 2.30. The number of hydrogen-bond donors (Lipinski definition) is 1. The van der Waals surface area contributed by atoms with Gasteiger partial charge in [0.25, 0.3) is 0 Å². The lowest BCUT2D eigenvalue weighted by atomic mass is 10.1. The van der Waals surface area contributed by atoms with E-state index in [9.17, 15) is 13.2 Å². The molecule has 0 aliphatic rings. The van der Waals surface area contributed by atoms with Gasteiger partial charge in [-0.1, -0.05) is 18.2 Å². The summed E-state index contributed by atoms with van der Waals surface area (Å²) in [6.45, 7) is -0.438. The molecule has 0 saturated carbocycles. The molecule has 2 nitrogen and oxygen atoms in total. The van der Waals surface area contributed by atoms with Crippen molar-refractivity contribution in [2.75, 3.05) is 0 Å². The zero-order chi connectivity index (χ0) is 11.8. The third-order valence-electron chi connectivity index (χ3n) is 2.26. The van der Waals surface area contributed by atoms with E-state index >= 15 is 0 Å². The Balaban J connectivity index is 0.00000144. The molecule has 92 valence electrons. The largest absolute Gasteiger partial charge is 0.433 e. The molecule has 0 amide bonds. The first-order chi connectivity index (χ1) is 7.52. The molecule has 2 rings (SSSR count). The van der Waals surface area contributed by atoms with Gasteiger partial charge in [-0.25, -0.2) is 4.98 Å². The lowest BCUT2D eigenvalue weighted by Crippen LogP contribution is -2.09. The minimum Gasteiger partial charge on any atom is -0.392 e. The minimum atomic E-state index is -4.49. The molecule has 0 spiro atoms. The first-order valence-corrected chi connectivity index (χ1v) is 4.59. The van der Waals surface area contributed by atoms with Crippen LogP contribution >= 0.6 is 12.4 Å². The number of benzene rings is 1. The molecule has 0 bridgehead atoms. The Bertz CT molecular complexity index is 528. The number of halogens is 4. The van der Waals surface area contributed by atoms with Crippen molar-refractivity contribution in [1.82, 2.24) is 4.98 Å². The van der Waals surface area contributed by atoms with Crippen LogP contribution in [0.5, 0.6) is 0 Å². The average Bonchev–Trinajstić information content (AvgIpc) is 2.26. The molecule has 1 aromatic carbocycles. The van der Waals surface area contributed by atoms with E-state index in [-0.39, 0.29) is 23.5 Å². The van der Waals surface area contributed by atoms with Crippen LogP contribution in [0.2, 0.25) is 0 Å². The molecule has 0 fully saturated rings. The van der Waals surface area contributed by atoms with Crippen molar-refractivity contribution < 1.29 is 18.3 Å². The second-order valence-corrected chi connectivity index (χ2v) is 3.34. The second kappa shape index (κ2) is 4.89. The van der Waals surface area contributed by atoms with Crippen LogP contribution in [0.15, 0.2) is 30.3 Å². The van der Waals surface area contributed by atoms with Crippen LogP contribution in [-0.4, -0.2) is 10.1 Å². The lowest BCUT2D eigenvalue weighted by molar-refractivity contribution is -0.141. The SMILES string of the molecule is Cl.OCc1cc(C(F)(F)F)nc2ccccc12. The molecule has 0 radical (unpaired) electrons. The van der Waals surface area contributed by atoms with E-state index in [2.05, 4.69) is 4.98 Å². The molecular formula is C11H9ClF3NO.